The van der Waals surface area contributed by atoms with Crippen LogP contribution in [0.15, 0.2) is 24.7 Å². The molecule has 0 bridgehead atoms. The Kier molecular flexibility index (Phi) is 5.37. The van der Waals surface area contributed by atoms with Crippen molar-refractivity contribution in [3.63, 3.8) is 0 Å². The van der Waals surface area contributed by atoms with Crippen LogP contribution in [0.4, 0.5) is 43.9 Å². The highest BCUT2D eigenvalue weighted by Crippen LogP contribution is 2.42. The van der Waals surface area contributed by atoms with Crippen LogP contribution >= 0.6 is 0 Å². The third kappa shape index (κ3) is 5.46. The molecule has 0 aliphatic carbocycles. The van der Waals surface area contributed by atoms with E-state index < -0.39 is 48.6 Å². The van der Waals surface area contributed by atoms with E-state index >= 15 is 0 Å². The zero-order valence-corrected chi connectivity index (χ0v) is 10.0. The molecule has 124 valence electrons. The van der Waals surface area contributed by atoms with Gasteiger partial charge >= 0.3 is 24.2 Å². The molecule has 0 spiro atoms. The molecule has 0 aromatic rings. The Hall–Kier alpha value is -1.42. The zero-order valence-electron chi connectivity index (χ0n) is 10.0. The fourth-order valence-corrected chi connectivity index (χ4v) is 0.972. The highest BCUT2D eigenvalue weighted by molar-refractivity contribution is 5.01. The first kappa shape index (κ1) is 19.6. The number of hydrogen-bond donors (Lipinski definition) is 0. The molecule has 0 aliphatic heterocycles. The standard InChI is InChI=1S/C10H8F10O/c1-5(3-7(11,12)9(15,16)17)21-6(2)4-8(13,14)10(18,19)20/h1-4H2. The monoisotopic (exact) mass is 334 g/mol. The van der Waals surface area contributed by atoms with Gasteiger partial charge in [0.1, 0.15) is 11.5 Å². The van der Waals surface area contributed by atoms with Gasteiger partial charge in [0.2, 0.25) is 0 Å². The summed E-state index contributed by atoms with van der Waals surface area (Å²) in [6.07, 6.45) is -16.2. The summed E-state index contributed by atoms with van der Waals surface area (Å²) in [5, 5.41) is 0. The summed E-state index contributed by atoms with van der Waals surface area (Å²) in [7, 11) is 0. The molecule has 0 saturated carbocycles. The summed E-state index contributed by atoms with van der Waals surface area (Å²) in [5.74, 6) is -13.2. The van der Waals surface area contributed by atoms with Crippen molar-refractivity contribution in [2.45, 2.75) is 37.0 Å². The van der Waals surface area contributed by atoms with Crippen molar-refractivity contribution in [3.05, 3.63) is 24.7 Å². The summed E-state index contributed by atoms with van der Waals surface area (Å²) in [5.41, 5.74) is 0. The summed E-state index contributed by atoms with van der Waals surface area (Å²) in [4.78, 5) is 0. The second kappa shape index (κ2) is 5.76. The number of allylic oxidation sites excluding steroid dienone is 2. The molecule has 11 heteroatoms. The lowest BCUT2D eigenvalue weighted by atomic mass is 10.2. The van der Waals surface area contributed by atoms with Gasteiger partial charge in [-0.05, 0) is 0 Å². The normalized spacial score (nSPS) is 14.0. The van der Waals surface area contributed by atoms with E-state index in [4.69, 9.17) is 0 Å². The van der Waals surface area contributed by atoms with Crippen molar-refractivity contribution in [1.82, 2.24) is 0 Å². The minimum Gasteiger partial charge on any atom is -0.467 e. The number of halogens is 10. The van der Waals surface area contributed by atoms with E-state index in [0.29, 0.717) is 0 Å². The van der Waals surface area contributed by atoms with Gasteiger partial charge in [-0.15, -0.1) is 0 Å². The summed E-state index contributed by atoms with van der Waals surface area (Å²) < 4.78 is 125. The van der Waals surface area contributed by atoms with E-state index in [-0.39, 0.29) is 0 Å². The second-order valence-electron chi connectivity index (χ2n) is 3.94. The third-order valence-corrected chi connectivity index (χ3v) is 1.96. The average molecular weight is 334 g/mol. The topological polar surface area (TPSA) is 9.23 Å². The first-order valence-electron chi connectivity index (χ1n) is 4.92. The van der Waals surface area contributed by atoms with Crippen LogP contribution in [-0.2, 0) is 4.74 Å². The summed E-state index contributed by atoms with van der Waals surface area (Å²) >= 11 is 0. The minimum absolute atomic E-state index is 1.35. The van der Waals surface area contributed by atoms with Crippen molar-refractivity contribution in [2.75, 3.05) is 0 Å². The lowest BCUT2D eigenvalue weighted by Gasteiger charge is -2.23. The van der Waals surface area contributed by atoms with Gasteiger partial charge < -0.3 is 4.74 Å². The van der Waals surface area contributed by atoms with Gasteiger partial charge in [-0.1, -0.05) is 13.2 Å². The molecule has 0 heterocycles. The minimum atomic E-state index is -5.95. The Balaban J connectivity index is 4.66. The molecule has 21 heavy (non-hydrogen) atoms. The van der Waals surface area contributed by atoms with E-state index in [0.717, 1.165) is 0 Å². The number of hydrogen-bond acceptors (Lipinski definition) is 1. The largest absolute Gasteiger partial charge is 0.467 e. The van der Waals surface area contributed by atoms with Crippen molar-refractivity contribution in [2.24, 2.45) is 0 Å². The van der Waals surface area contributed by atoms with Crippen LogP contribution < -0.4 is 0 Å². The fourth-order valence-electron chi connectivity index (χ4n) is 0.972. The zero-order chi connectivity index (χ0) is 17.3. The van der Waals surface area contributed by atoms with Crippen LogP contribution in [0.25, 0.3) is 0 Å². The third-order valence-electron chi connectivity index (χ3n) is 1.96. The maximum absolute atomic E-state index is 12.5. The Labute approximate surface area is 111 Å². The van der Waals surface area contributed by atoms with Crippen molar-refractivity contribution < 1.29 is 48.6 Å². The molecular formula is C10H8F10O. The van der Waals surface area contributed by atoms with Gasteiger partial charge in [0.05, 0.1) is 12.8 Å². The van der Waals surface area contributed by atoms with Gasteiger partial charge in [0.15, 0.2) is 0 Å². The van der Waals surface area contributed by atoms with Crippen LogP contribution in [0.2, 0.25) is 0 Å². The van der Waals surface area contributed by atoms with Gasteiger partial charge in [0, 0.05) is 0 Å². The maximum atomic E-state index is 12.5. The lowest BCUT2D eigenvalue weighted by Crippen LogP contribution is -2.37. The molecule has 0 fully saturated rings. The molecular weight excluding hydrogens is 326 g/mol. The Morgan fingerprint density at radius 3 is 1.05 bits per heavy atom. The quantitative estimate of drug-likeness (QED) is 0.479. The first-order valence-corrected chi connectivity index (χ1v) is 4.92. The van der Waals surface area contributed by atoms with Gasteiger partial charge in [-0.3, -0.25) is 0 Å². The van der Waals surface area contributed by atoms with Gasteiger partial charge in [0.25, 0.3) is 0 Å². The van der Waals surface area contributed by atoms with Crippen LogP contribution in [0.1, 0.15) is 12.8 Å². The van der Waals surface area contributed by atoms with Crippen LogP contribution in [0.3, 0.4) is 0 Å². The van der Waals surface area contributed by atoms with E-state index in [1.54, 1.807) is 0 Å². The van der Waals surface area contributed by atoms with E-state index in [1.807, 2.05) is 0 Å². The highest BCUT2D eigenvalue weighted by Gasteiger charge is 2.59. The Morgan fingerprint density at radius 1 is 0.619 bits per heavy atom. The van der Waals surface area contributed by atoms with Crippen LogP contribution in [0, 0.1) is 0 Å². The average Bonchev–Trinajstić information content (AvgIpc) is 2.10. The second-order valence-corrected chi connectivity index (χ2v) is 3.94. The molecule has 0 aromatic carbocycles. The molecule has 0 amide bonds. The Morgan fingerprint density at radius 2 is 0.857 bits per heavy atom. The van der Waals surface area contributed by atoms with Crippen LogP contribution in [-0.4, -0.2) is 24.2 Å². The molecule has 0 N–H and O–H groups in total. The smallest absolute Gasteiger partial charge is 0.453 e. The number of rotatable bonds is 6. The summed E-state index contributed by atoms with van der Waals surface area (Å²) in [6, 6.07) is 0. The van der Waals surface area contributed by atoms with E-state index in [1.165, 1.54) is 0 Å². The predicted octanol–water partition coefficient (Wildman–Crippen LogP) is 5.21. The molecule has 0 aromatic heterocycles. The molecule has 0 atom stereocenters. The molecule has 0 unspecified atom stereocenters. The molecule has 0 radical (unpaired) electrons. The maximum Gasteiger partial charge on any atom is 0.453 e. The lowest BCUT2D eigenvalue weighted by molar-refractivity contribution is -0.285. The highest BCUT2D eigenvalue weighted by atomic mass is 19.4. The fraction of sp³-hybridized carbons (Fsp3) is 0.600. The van der Waals surface area contributed by atoms with Gasteiger partial charge in [-0.2, -0.15) is 43.9 Å². The van der Waals surface area contributed by atoms with Crippen molar-refractivity contribution >= 4 is 0 Å². The first-order chi connectivity index (χ1) is 8.99. The molecule has 1 nitrogen and oxygen atoms in total. The summed E-state index contributed by atoms with van der Waals surface area (Å²) in [6.45, 7) is 5.19. The molecule has 0 aliphatic rings. The number of ether oxygens (including phenoxy) is 1. The van der Waals surface area contributed by atoms with Crippen molar-refractivity contribution in [1.29, 1.82) is 0 Å². The van der Waals surface area contributed by atoms with Crippen molar-refractivity contribution in [3.8, 4) is 0 Å². The Bertz CT molecular complexity index is 365. The molecule has 0 rings (SSSR count). The SMILES string of the molecule is C=C(CC(F)(F)C(F)(F)F)OC(=C)CC(F)(F)C(F)(F)F. The molecule has 0 saturated heterocycles. The van der Waals surface area contributed by atoms with E-state index in [9.17, 15) is 43.9 Å². The number of alkyl halides is 10. The van der Waals surface area contributed by atoms with E-state index in [2.05, 4.69) is 17.9 Å². The predicted molar refractivity (Wildman–Crippen MR) is 50.6 cm³/mol. The van der Waals surface area contributed by atoms with Crippen LogP contribution in [0.5, 0.6) is 0 Å². The van der Waals surface area contributed by atoms with Gasteiger partial charge in [-0.25, -0.2) is 0 Å².